The number of rotatable bonds is 6. The molecule has 1 atom stereocenters. The minimum atomic E-state index is -3.78. The fraction of sp³-hybridized carbons (Fsp3) is 0.462. The summed E-state index contributed by atoms with van der Waals surface area (Å²) in [6.07, 6.45) is 0.739. The molecule has 188 valence electrons. The van der Waals surface area contributed by atoms with Gasteiger partial charge in [-0.05, 0) is 61.4 Å². The van der Waals surface area contributed by atoms with Gasteiger partial charge in [-0.1, -0.05) is 32.9 Å². The number of nitrogens with zero attached hydrogens (tertiary/aromatic N) is 1. The topological polar surface area (TPSA) is 105 Å². The number of sulfonamides is 1. The fourth-order valence-electron chi connectivity index (χ4n) is 4.52. The molecule has 1 fully saturated rings. The summed E-state index contributed by atoms with van der Waals surface area (Å²) < 4.78 is 34.1. The van der Waals surface area contributed by atoms with Gasteiger partial charge >= 0.3 is 0 Å². The van der Waals surface area contributed by atoms with Gasteiger partial charge in [0.25, 0.3) is 5.91 Å². The Morgan fingerprint density at radius 3 is 2.43 bits per heavy atom. The van der Waals surface area contributed by atoms with Gasteiger partial charge in [-0.2, -0.15) is 4.31 Å². The Bertz CT molecular complexity index is 1220. The quantitative estimate of drug-likeness (QED) is 0.618. The van der Waals surface area contributed by atoms with Gasteiger partial charge in [0.2, 0.25) is 15.9 Å². The van der Waals surface area contributed by atoms with E-state index in [2.05, 4.69) is 24.5 Å². The fourth-order valence-corrected chi connectivity index (χ4v) is 6.22. The molecule has 2 aromatic rings. The van der Waals surface area contributed by atoms with Crippen molar-refractivity contribution >= 4 is 33.2 Å². The lowest BCUT2D eigenvalue weighted by Crippen LogP contribution is -2.41. The Labute approximate surface area is 207 Å². The summed E-state index contributed by atoms with van der Waals surface area (Å²) in [6.45, 7) is 8.30. The van der Waals surface area contributed by atoms with E-state index in [9.17, 15) is 18.0 Å². The van der Waals surface area contributed by atoms with E-state index in [1.807, 2.05) is 31.2 Å². The molecule has 0 aromatic heterocycles. The van der Waals surface area contributed by atoms with Gasteiger partial charge in [-0.25, -0.2) is 8.42 Å². The van der Waals surface area contributed by atoms with E-state index in [1.165, 1.54) is 15.9 Å². The molecule has 2 aliphatic heterocycles. The van der Waals surface area contributed by atoms with Crippen molar-refractivity contribution in [3.05, 3.63) is 47.5 Å². The number of carbonyl (C=O) groups excluding carboxylic acids is 2. The van der Waals surface area contributed by atoms with Gasteiger partial charge in [-0.3, -0.25) is 9.59 Å². The van der Waals surface area contributed by atoms with E-state index in [4.69, 9.17) is 4.74 Å². The highest BCUT2D eigenvalue weighted by Gasteiger charge is 2.35. The van der Waals surface area contributed by atoms with Crippen molar-refractivity contribution in [3.63, 3.8) is 0 Å². The smallest absolute Gasteiger partial charge is 0.265 e. The summed E-state index contributed by atoms with van der Waals surface area (Å²) in [5.74, 6) is 0.214. The molecule has 2 N–H and O–H groups in total. The molecular weight excluding hydrogens is 466 g/mol. The molecule has 1 unspecified atom stereocenters. The van der Waals surface area contributed by atoms with Crippen molar-refractivity contribution in [1.29, 1.82) is 0 Å². The normalized spacial score (nSPS) is 19.1. The summed E-state index contributed by atoms with van der Waals surface area (Å²) in [5.41, 5.74) is 2.97. The van der Waals surface area contributed by atoms with Crippen LogP contribution in [0.5, 0.6) is 5.75 Å². The first-order valence-corrected chi connectivity index (χ1v) is 13.6. The first-order valence-electron chi connectivity index (χ1n) is 12.1. The van der Waals surface area contributed by atoms with Gasteiger partial charge < -0.3 is 15.4 Å². The summed E-state index contributed by atoms with van der Waals surface area (Å²) in [5, 5.41) is 5.75. The monoisotopic (exact) mass is 499 g/mol. The van der Waals surface area contributed by atoms with Crippen LogP contribution in [0, 0.1) is 12.8 Å². The Morgan fingerprint density at radius 1 is 1.17 bits per heavy atom. The second-order valence-corrected chi connectivity index (χ2v) is 11.5. The molecule has 8 nitrogen and oxygen atoms in total. The van der Waals surface area contributed by atoms with Crippen LogP contribution >= 0.6 is 0 Å². The number of aryl methyl sites for hydroxylation is 1. The number of anilines is 2. The minimum Gasteiger partial charge on any atom is -0.478 e. The van der Waals surface area contributed by atoms with Crippen molar-refractivity contribution in [2.45, 2.75) is 63.9 Å². The molecule has 0 saturated carbocycles. The number of hydrogen-bond donors (Lipinski definition) is 2. The minimum absolute atomic E-state index is 0.0842. The third-order valence-corrected chi connectivity index (χ3v) is 8.80. The molecule has 2 aromatic carbocycles. The first-order chi connectivity index (χ1) is 16.6. The maximum Gasteiger partial charge on any atom is 0.265 e. The molecule has 35 heavy (non-hydrogen) atoms. The van der Waals surface area contributed by atoms with Gasteiger partial charge in [0.15, 0.2) is 6.10 Å². The van der Waals surface area contributed by atoms with E-state index in [-0.39, 0.29) is 35.7 Å². The first kappa shape index (κ1) is 25.2. The van der Waals surface area contributed by atoms with Crippen LogP contribution in [0.25, 0.3) is 0 Å². The summed E-state index contributed by atoms with van der Waals surface area (Å²) in [7, 11) is -3.78. The average Bonchev–Trinajstić information content (AvgIpc) is 2.83. The molecule has 0 radical (unpaired) electrons. The zero-order valence-electron chi connectivity index (χ0n) is 20.6. The molecule has 1 saturated heterocycles. The van der Waals surface area contributed by atoms with Gasteiger partial charge in [0, 0.05) is 30.8 Å². The number of hydrogen-bond acceptors (Lipinski definition) is 5. The van der Waals surface area contributed by atoms with Crippen molar-refractivity contribution in [2.24, 2.45) is 5.92 Å². The highest BCUT2D eigenvalue weighted by molar-refractivity contribution is 7.89. The molecule has 0 aliphatic carbocycles. The summed E-state index contributed by atoms with van der Waals surface area (Å²) >= 11 is 0. The van der Waals surface area contributed by atoms with Crippen LogP contribution in [0.4, 0.5) is 11.4 Å². The van der Waals surface area contributed by atoms with Crippen LogP contribution in [-0.2, 0) is 19.6 Å². The number of ether oxygens (including phenoxy) is 1. The predicted molar refractivity (Wildman–Crippen MR) is 135 cm³/mol. The Kier molecular flexibility index (Phi) is 7.19. The third-order valence-electron chi connectivity index (χ3n) is 6.75. The van der Waals surface area contributed by atoms with Gasteiger partial charge in [0.05, 0.1) is 10.6 Å². The molecule has 2 heterocycles. The molecule has 4 rings (SSSR count). The van der Waals surface area contributed by atoms with E-state index >= 15 is 0 Å². The third kappa shape index (κ3) is 5.21. The highest BCUT2D eigenvalue weighted by Crippen LogP contribution is 2.36. The van der Waals surface area contributed by atoms with Crippen molar-refractivity contribution in [1.82, 2.24) is 4.31 Å². The molecule has 9 heteroatoms. The number of benzene rings is 2. The zero-order chi connectivity index (χ0) is 25.3. The number of piperidine rings is 1. The average molecular weight is 500 g/mol. The number of nitrogens with one attached hydrogen (secondary N) is 2. The van der Waals surface area contributed by atoms with Crippen LogP contribution in [0.15, 0.2) is 41.3 Å². The lowest BCUT2D eigenvalue weighted by Gasteiger charge is -2.32. The van der Waals surface area contributed by atoms with Crippen LogP contribution in [-0.4, -0.2) is 43.7 Å². The summed E-state index contributed by atoms with van der Waals surface area (Å²) in [6, 6.07) is 11.0. The highest BCUT2D eigenvalue weighted by atomic mass is 32.2. The molecule has 2 amide bonds. The largest absolute Gasteiger partial charge is 0.478 e. The molecular formula is C26H33N3O5S. The van der Waals surface area contributed by atoms with E-state index < -0.39 is 16.1 Å². The Balaban J connectivity index is 1.42. The number of amides is 2. The Hall–Kier alpha value is -2.91. The van der Waals surface area contributed by atoms with Crippen molar-refractivity contribution < 1.29 is 22.7 Å². The van der Waals surface area contributed by atoms with Gasteiger partial charge in [0.1, 0.15) is 5.75 Å². The Morgan fingerprint density at radius 2 is 1.83 bits per heavy atom. The van der Waals surface area contributed by atoms with E-state index in [0.29, 0.717) is 42.2 Å². The maximum absolute atomic E-state index is 13.4. The second kappa shape index (κ2) is 9.99. The SMILES string of the molecule is CCC1Oc2cc(S(=O)(=O)N3CCC(C(=O)Nc4ccc(C(C)C)cc4)CC3)c(C)cc2NC1=O. The van der Waals surface area contributed by atoms with Gasteiger partial charge in [-0.15, -0.1) is 0 Å². The standard InChI is InChI=1S/C26H33N3O5S/c1-5-22-26(31)28-21-14-17(4)24(15-23(21)34-22)35(32,33)29-12-10-19(11-13-29)25(30)27-20-8-6-18(7-9-20)16(2)3/h6-9,14-16,19,22H,5,10-13H2,1-4H3,(H,27,30)(H,28,31). The van der Waals surface area contributed by atoms with Crippen LogP contribution in [0.1, 0.15) is 57.1 Å². The van der Waals surface area contributed by atoms with Crippen molar-refractivity contribution in [2.75, 3.05) is 23.7 Å². The van der Waals surface area contributed by atoms with E-state index in [0.717, 1.165) is 5.69 Å². The van der Waals surface area contributed by atoms with Crippen LogP contribution in [0.3, 0.4) is 0 Å². The maximum atomic E-state index is 13.4. The number of fused-ring (bicyclic) bond motifs is 1. The van der Waals surface area contributed by atoms with E-state index in [1.54, 1.807) is 13.0 Å². The lowest BCUT2D eigenvalue weighted by molar-refractivity contribution is -0.123. The zero-order valence-corrected chi connectivity index (χ0v) is 21.4. The molecule has 0 spiro atoms. The second-order valence-electron chi connectivity index (χ2n) is 9.56. The van der Waals surface area contributed by atoms with Crippen molar-refractivity contribution in [3.8, 4) is 5.75 Å². The number of carbonyl (C=O) groups is 2. The summed E-state index contributed by atoms with van der Waals surface area (Å²) in [4.78, 5) is 25.0. The molecule has 2 aliphatic rings. The van der Waals surface area contributed by atoms with Crippen LogP contribution in [0.2, 0.25) is 0 Å². The predicted octanol–water partition coefficient (Wildman–Crippen LogP) is 4.27. The van der Waals surface area contributed by atoms with Crippen LogP contribution < -0.4 is 15.4 Å². The molecule has 0 bridgehead atoms. The lowest BCUT2D eigenvalue weighted by atomic mass is 9.97.